The van der Waals surface area contributed by atoms with Crippen LogP contribution in [0.1, 0.15) is 18.5 Å². The summed E-state index contributed by atoms with van der Waals surface area (Å²) in [5.41, 5.74) is 0.496. The first kappa shape index (κ1) is 15.3. The third kappa shape index (κ3) is 3.95. The molecule has 0 radical (unpaired) electrons. The molecule has 0 amide bonds. The molecular formula is C15H13F3N2S. The number of hydrogen-bond donors (Lipinski definition) is 2. The van der Waals surface area contributed by atoms with E-state index in [-0.39, 0.29) is 22.7 Å². The van der Waals surface area contributed by atoms with E-state index in [0.29, 0.717) is 0 Å². The summed E-state index contributed by atoms with van der Waals surface area (Å²) in [4.78, 5) is 0. The minimum atomic E-state index is -0.728. The van der Waals surface area contributed by atoms with Crippen LogP contribution < -0.4 is 10.6 Å². The highest BCUT2D eigenvalue weighted by Gasteiger charge is 2.12. The number of nitrogens with one attached hydrogen (secondary N) is 2. The quantitative estimate of drug-likeness (QED) is 0.833. The van der Waals surface area contributed by atoms with Gasteiger partial charge in [0.15, 0.2) is 5.11 Å². The van der Waals surface area contributed by atoms with Crippen LogP contribution in [0.25, 0.3) is 0 Å². The lowest BCUT2D eigenvalue weighted by Crippen LogP contribution is -2.31. The molecule has 0 fully saturated rings. The Morgan fingerprint density at radius 3 is 2.14 bits per heavy atom. The molecule has 0 spiro atoms. The Morgan fingerprint density at radius 2 is 1.57 bits per heavy atom. The van der Waals surface area contributed by atoms with Gasteiger partial charge in [0.1, 0.15) is 23.1 Å². The average Bonchev–Trinajstić information content (AvgIpc) is 2.43. The molecule has 0 heterocycles. The standard InChI is InChI=1S/C15H13F3N2S/c1-9(10-5-7-11(16)8-6-10)19-15(21)20-14-12(17)3-2-4-13(14)18/h2-9H,1H3,(H2,19,20,21)/t9-/m0/s1. The third-order valence-electron chi connectivity index (χ3n) is 2.92. The molecule has 2 aromatic rings. The lowest BCUT2D eigenvalue weighted by atomic mass is 10.1. The summed E-state index contributed by atoms with van der Waals surface area (Å²) in [6.45, 7) is 1.80. The summed E-state index contributed by atoms with van der Waals surface area (Å²) < 4.78 is 39.8. The zero-order valence-electron chi connectivity index (χ0n) is 11.2. The van der Waals surface area contributed by atoms with Crippen molar-refractivity contribution in [2.75, 3.05) is 5.32 Å². The van der Waals surface area contributed by atoms with E-state index in [2.05, 4.69) is 10.6 Å². The van der Waals surface area contributed by atoms with Gasteiger partial charge in [-0.1, -0.05) is 18.2 Å². The molecule has 0 aliphatic heterocycles. The van der Waals surface area contributed by atoms with Crippen LogP contribution in [0, 0.1) is 17.5 Å². The number of benzene rings is 2. The van der Waals surface area contributed by atoms with E-state index in [1.54, 1.807) is 19.1 Å². The van der Waals surface area contributed by atoms with Crippen molar-refractivity contribution >= 4 is 23.0 Å². The highest BCUT2D eigenvalue weighted by atomic mass is 32.1. The van der Waals surface area contributed by atoms with Gasteiger partial charge in [0.25, 0.3) is 0 Å². The minimum Gasteiger partial charge on any atom is -0.356 e. The summed E-state index contributed by atoms with van der Waals surface area (Å²) in [5.74, 6) is -1.79. The number of para-hydroxylation sites is 1. The fourth-order valence-corrected chi connectivity index (χ4v) is 2.08. The number of halogens is 3. The van der Waals surface area contributed by atoms with Crippen LogP contribution in [-0.2, 0) is 0 Å². The van der Waals surface area contributed by atoms with Crippen LogP contribution in [0.4, 0.5) is 18.9 Å². The van der Waals surface area contributed by atoms with Crippen LogP contribution in [0.3, 0.4) is 0 Å². The molecule has 110 valence electrons. The maximum Gasteiger partial charge on any atom is 0.171 e. The molecule has 0 saturated carbocycles. The van der Waals surface area contributed by atoms with Gasteiger partial charge in [-0.05, 0) is 49.0 Å². The lowest BCUT2D eigenvalue weighted by molar-refractivity contribution is 0.590. The van der Waals surface area contributed by atoms with Crippen molar-refractivity contribution in [3.05, 3.63) is 65.5 Å². The number of anilines is 1. The predicted molar refractivity (Wildman–Crippen MR) is 80.5 cm³/mol. The second-order valence-corrected chi connectivity index (χ2v) is 4.88. The van der Waals surface area contributed by atoms with Gasteiger partial charge in [-0.15, -0.1) is 0 Å². The zero-order chi connectivity index (χ0) is 15.4. The van der Waals surface area contributed by atoms with Crippen molar-refractivity contribution in [2.45, 2.75) is 13.0 Å². The summed E-state index contributed by atoms with van der Waals surface area (Å²) in [6, 6.07) is 9.20. The maximum absolute atomic E-state index is 13.5. The number of thiocarbonyl (C=S) groups is 1. The molecule has 0 saturated heterocycles. The van der Waals surface area contributed by atoms with Crippen LogP contribution >= 0.6 is 12.2 Å². The molecule has 0 aliphatic rings. The van der Waals surface area contributed by atoms with E-state index in [9.17, 15) is 13.2 Å². The van der Waals surface area contributed by atoms with Gasteiger partial charge < -0.3 is 10.6 Å². The van der Waals surface area contributed by atoms with Gasteiger partial charge in [0.2, 0.25) is 0 Å². The van der Waals surface area contributed by atoms with Crippen LogP contribution in [0.5, 0.6) is 0 Å². The highest BCUT2D eigenvalue weighted by molar-refractivity contribution is 7.80. The van der Waals surface area contributed by atoms with E-state index in [4.69, 9.17) is 12.2 Å². The Kier molecular flexibility index (Phi) is 4.80. The fraction of sp³-hybridized carbons (Fsp3) is 0.133. The fourth-order valence-electron chi connectivity index (χ4n) is 1.80. The lowest BCUT2D eigenvalue weighted by Gasteiger charge is -2.18. The highest BCUT2D eigenvalue weighted by Crippen LogP contribution is 2.18. The second-order valence-electron chi connectivity index (χ2n) is 4.47. The molecule has 2 nitrogen and oxygen atoms in total. The summed E-state index contributed by atoms with van der Waals surface area (Å²) >= 11 is 5.03. The van der Waals surface area contributed by atoms with Crippen molar-refractivity contribution in [1.82, 2.24) is 5.32 Å². The first-order valence-electron chi connectivity index (χ1n) is 6.24. The van der Waals surface area contributed by atoms with Gasteiger partial charge in [0, 0.05) is 0 Å². The van der Waals surface area contributed by atoms with Crippen molar-refractivity contribution in [3.63, 3.8) is 0 Å². The second kappa shape index (κ2) is 6.58. The Bertz CT molecular complexity index is 624. The van der Waals surface area contributed by atoms with E-state index in [1.807, 2.05) is 0 Å². The summed E-state index contributed by atoms with van der Waals surface area (Å²) in [7, 11) is 0. The number of hydrogen-bond acceptors (Lipinski definition) is 1. The Labute approximate surface area is 126 Å². The molecule has 21 heavy (non-hydrogen) atoms. The molecule has 0 aromatic heterocycles. The SMILES string of the molecule is C[C@H](NC(=S)Nc1c(F)cccc1F)c1ccc(F)cc1. The van der Waals surface area contributed by atoms with E-state index in [1.165, 1.54) is 18.2 Å². The first-order chi connectivity index (χ1) is 9.97. The third-order valence-corrected chi connectivity index (χ3v) is 3.14. The van der Waals surface area contributed by atoms with E-state index >= 15 is 0 Å². The Morgan fingerprint density at radius 1 is 1.00 bits per heavy atom. The van der Waals surface area contributed by atoms with Crippen molar-refractivity contribution in [1.29, 1.82) is 0 Å². The van der Waals surface area contributed by atoms with Crippen LogP contribution in [-0.4, -0.2) is 5.11 Å². The molecule has 0 unspecified atom stereocenters. The normalized spacial score (nSPS) is 11.8. The zero-order valence-corrected chi connectivity index (χ0v) is 12.0. The molecule has 1 atom stereocenters. The molecule has 6 heteroatoms. The molecule has 2 rings (SSSR count). The van der Waals surface area contributed by atoms with Gasteiger partial charge >= 0.3 is 0 Å². The monoisotopic (exact) mass is 310 g/mol. The van der Waals surface area contributed by atoms with Crippen LogP contribution in [0.15, 0.2) is 42.5 Å². The van der Waals surface area contributed by atoms with Crippen LogP contribution in [0.2, 0.25) is 0 Å². The molecule has 2 aromatic carbocycles. The van der Waals surface area contributed by atoms with Crippen molar-refractivity contribution < 1.29 is 13.2 Å². The van der Waals surface area contributed by atoms with E-state index < -0.39 is 11.6 Å². The molecular weight excluding hydrogens is 297 g/mol. The average molecular weight is 310 g/mol. The minimum absolute atomic E-state index is 0.0795. The Balaban J connectivity index is 2.03. The first-order valence-corrected chi connectivity index (χ1v) is 6.65. The summed E-state index contributed by atoms with van der Waals surface area (Å²) in [5, 5.41) is 5.45. The van der Waals surface area contributed by atoms with Gasteiger partial charge in [0.05, 0.1) is 6.04 Å². The van der Waals surface area contributed by atoms with Gasteiger partial charge in [-0.25, -0.2) is 13.2 Å². The molecule has 0 bridgehead atoms. The number of rotatable bonds is 3. The molecule has 0 aliphatic carbocycles. The topological polar surface area (TPSA) is 24.1 Å². The largest absolute Gasteiger partial charge is 0.356 e. The smallest absolute Gasteiger partial charge is 0.171 e. The maximum atomic E-state index is 13.5. The Hall–Kier alpha value is -2.08. The summed E-state index contributed by atoms with van der Waals surface area (Å²) in [6.07, 6.45) is 0. The van der Waals surface area contributed by atoms with Gasteiger partial charge in [-0.2, -0.15) is 0 Å². The van der Waals surface area contributed by atoms with E-state index in [0.717, 1.165) is 17.7 Å². The predicted octanol–water partition coefficient (Wildman–Crippen LogP) is 4.15. The van der Waals surface area contributed by atoms with Gasteiger partial charge in [-0.3, -0.25) is 0 Å². The van der Waals surface area contributed by atoms with Crippen molar-refractivity contribution in [3.8, 4) is 0 Å². The molecule has 2 N–H and O–H groups in total. The van der Waals surface area contributed by atoms with Crippen molar-refractivity contribution in [2.24, 2.45) is 0 Å².